The second-order valence-electron chi connectivity index (χ2n) is 5.01. The van der Waals surface area contributed by atoms with Crippen LogP contribution in [0, 0.1) is 11.7 Å². The van der Waals surface area contributed by atoms with E-state index in [9.17, 15) is 9.18 Å². The van der Waals surface area contributed by atoms with Crippen molar-refractivity contribution >= 4 is 11.6 Å². The lowest BCUT2D eigenvalue weighted by molar-refractivity contribution is -0.117. The normalized spacial score (nSPS) is 20.2. The third-order valence-corrected chi connectivity index (χ3v) is 3.45. The Morgan fingerprint density at radius 1 is 1.47 bits per heavy atom. The van der Waals surface area contributed by atoms with E-state index in [1.807, 2.05) is 0 Å². The molecule has 2 rings (SSSR count). The predicted molar refractivity (Wildman–Crippen MR) is 73.2 cm³/mol. The van der Waals surface area contributed by atoms with E-state index in [4.69, 9.17) is 5.73 Å². The number of nitrogens with one attached hydrogen (secondary N) is 1. The van der Waals surface area contributed by atoms with Gasteiger partial charge in [-0.05, 0) is 44.0 Å². The number of likely N-dealkylation sites (tertiary alicyclic amines) is 1. The van der Waals surface area contributed by atoms with Crippen molar-refractivity contribution in [2.24, 2.45) is 11.7 Å². The van der Waals surface area contributed by atoms with Crippen LogP contribution in [0.4, 0.5) is 10.1 Å². The van der Waals surface area contributed by atoms with E-state index < -0.39 is 5.82 Å². The molecule has 0 radical (unpaired) electrons. The Morgan fingerprint density at radius 3 is 3.00 bits per heavy atom. The predicted octanol–water partition coefficient (Wildman–Crippen LogP) is 1.43. The molecule has 1 aromatic rings. The number of anilines is 1. The van der Waals surface area contributed by atoms with Gasteiger partial charge in [-0.2, -0.15) is 0 Å². The fourth-order valence-electron chi connectivity index (χ4n) is 2.44. The number of hydrogen-bond donors (Lipinski definition) is 2. The van der Waals surface area contributed by atoms with Crippen molar-refractivity contribution in [1.29, 1.82) is 0 Å². The molecule has 1 aliphatic heterocycles. The number of piperidine rings is 1. The molecule has 1 aliphatic rings. The molecule has 1 fully saturated rings. The highest BCUT2D eigenvalue weighted by molar-refractivity contribution is 5.92. The van der Waals surface area contributed by atoms with Gasteiger partial charge < -0.3 is 11.1 Å². The van der Waals surface area contributed by atoms with Crippen molar-refractivity contribution in [2.75, 3.05) is 31.5 Å². The first kappa shape index (κ1) is 14.0. The van der Waals surface area contributed by atoms with Crippen molar-refractivity contribution < 1.29 is 9.18 Å². The maximum atomic E-state index is 13.4. The number of para-hydroxylation sites is 1. The van der Waals surface area contributed by atoms with E-state index in [0.717, 1.165) is 25.9 Å². The number of amides is 1. The van der Waals surface area contributed by atoms with Gasteiger partial charge in [0, 0.05) is 6.54 Å². The molecule has 1 unspecified atom stereocenters. The molecule has 0 aromatic heterocycles. The smallest absolute Gasteiger partial charge is 0.238 e. The molecule has 104 valence electrons. The summed E-state index contributed by atoms with van der Waals surface area (Å²) < 4.78 is 13.4. The lowest BCUT2D eigenvalue weighted by Crippen LogP contribution is -2.42. The maximum Gasteiger partial charge on any atom is 0.238 e. The molecule has 0 aliphatic carbocycles. The number of benzene rings is 1. The van der Waals surface area contributed by atoms with E-state index in [0.29, 0.717) is 19.0 Å². The molecule has 0 bridgehead atoms. The van der Waals surface area contributed by atoms with E-state index in [1.54, 1.807) is 18.2 Å². The zero-order valence-corrected chi connectivity index (χ0v) is 10.9. The van der Waals surface area contributed by atoms with Crippen molar-refractivity contribution in [3.8, 4) is 0 Å². The van der Waals surface area contributed by atoms with E-state index in [1.165, 1.54) is 6.07 Å². The highest BCUT2D eigenvalue weighted by atomic mass is 19.1. The summed E-state index contributed by atoms with van der Waals surface area (Å²) in [7, 11) is 0. The number of nitrogens with zero attached hydrogens (tertiary/aromatic N) is 1. The molecule has 3 N–H and O–H groups in total. The number of hydrogen-bond acceptors (Lipinski definition) is 3. The van der Waals surface area contributed by atoms with Gasteiger partial charge in [-0.25, -0.2) is 4.39 Å². The van der Waals surface area contributed by atoms with E-state index in [-0.39, 0.29) is 11.6 Å². The molecule has 1 heterocycles. The first-order valence-corrected chi connectivity index (χ1v) is 6.66. The molecular formula is C14H20FN3O. The standard InChI is InChI=1S/C14H20FN3O/c15-12-5-1-2-6-13(12)17-14(19)10-18-7-3-4-11(8-16)9-18/h1-2,5-6,11H,3-4,7-10,16H2,(H,17,19). The number of nitrogens with two attached hydrogens (primary N) is 1. The van der Waals surface area contributed by atoms with E-state index >= 15 is 0 Å². The molecule has 1 amide bonds. The Balaban J connectivity index is 1.86. The molecule has 4 nitrogen and oxygen atoms in total. The summed E-state index contributed by atoms with van der Waals surface area (Å²) in [6.45, 7) is 2.71. The zero-order valence-electron chi connectivity index (χ0n) is 10.9. The second kappa shape index (κ2) is 6.63. The van der Waals surface area contributed by atoms with Crippen LogP contribution < -0.4 is 11.1 Å². The van der Waals surface area contributed by atoms with Gasteiger partial charge >= 0.3 is 0 Å². The van der Waals surface area contributed by atoms with Crippen LogP contribution in [0.1, 0.15) is 12.8 Å². The monoisotopic (exact) mass is 265 g/mol. The van der Waals surface area contributed by atoms with Gasteiger partial charge in [-0.1, -0.05) is 12.1 Å². The van der Waals surface area contributed by atoms with Crippen molar-refractivity contribution in [3.05, 3.63) is 30.1 Å². The van der Waals surface area contributed by atoms with Gasteiger partial charge in [0.15, 0.2) is 0 Å². The number of halogens is 1. The van der Waals surface area contributed by atoms with Crippen LogP contribution in [-0.2, 0) is 4.79 Å². The van der Waals surface area contributed by atoms with E-state index in [2.05, 4.69) is 10.2 Å². The third-order valence-electron chi connectivity index (χ3n) is 3.45. The number of rotatable bonds is 4. The van der Waals surface area contributed by atoms with Gasteiger partial charge in [-0.15, -0.1) is 0 Å². The van der Waals surface area contributed by atoms with Gasteiger partial charge in [0.1, 0.15) is 5.82 Å². The molecule has 1 atom stereocenters. The van der Waals surface area contributed by atoms with Crippen LogP contribution in [0.2, 0.25) is 0 Å². The van der Waals surface area contributed by atoms with Crippen LogP contribution in [0.5, 0.6) is 0 Å². The number of carbonyl (C=O) groups is 1. The summed E-state index contributed by atoms with van der Waals surface area (Å²) in [6, 6.07) is 6.19. The lowest BCUT2D eigenvalue weighted by atomic mass is 9.98. The summed E-state index contributed by atoms with van der Waals surface area (Å²) in [5.41, 5.74) is 5.90. The molecule has 0 saturated carbocycles. The topological polar surface area (TPSA) is 58.4 Å². The number of carbonyl (C=O) groups excluding carboxylic acids is 1. The van der Waals surface area contributed by atoms with Crippen LogP contribution >= 0.6 is 0 Å². The fourth-order valence-corrected chi connectivity index (χ4v) is 2.44. The lowest BCUT2D eigenvalue weighted by Gasteiger charge is -2.31. The Morgan fingerprint density at radius 2 is 2.26 bits per heavy atom. The Bertz CT molecular complexity index is 438. The Labute approximate surface area is 112 Å². The summed E-state index contributed by atoms with van der Waals surface area (Å²) in [5, 5.41) is 2.60. The summed E-state index contributed by atoms with van der Waals surface area (Å²) >= 11 is 0. The Kier molecular flexibility index (Phi) is 4.87. The minimum Gasteiger partial charge on any atom is -0.330 e. The van der Waals surface area contributed by atoms with Crippen molar-refractivity contribution in [2.45, 2.75) is 12.8 Å². The molecule has 5 heteroatoms. The van der Waals surface area contributed by atoms with Crippen LogP contribution in [0.3, 0.4) is 0 Å². The minimum atomic E-state index is -0.408. The first-order valence-electron chi connectivity index (χ1n) is 6.66. The average molecular weight is 265 g/mol. The van der Waals surface area contributed by atoms with Gasteiger partial charge in [0.05, 0.1) is 12.2 Å². The van der Waals surface area contributed by atoms with Gasteiger partial charge in [-0.3, -0.25) is 9.69 Å². The highest BCUT2D eigenvalue weighted by Crippen LogP contribution is 2.16. The van der Waals surface area contributed by atoms with Gasteiger partial charge in [0.2, 0.25) is 5.91 Å². The summed E-state index contributed by atoms with van der Waals surface area (Å²) in [4.78, 5) is 14.0. The SMILES string of the molecule is NCC1CCCN(CC(=O)Nc2ccccc2F)C1. The third kappa shape index (κ3) is 4.01. The average Bonchev–Trinajstić information content (AvgIpc) is 2.41. The maximum absolute atomic E-state index is 13.4. The first-order chi connectivity index (χ1) is 9.19. The Hall–Kier alpha value is -1.46. The largest absolute Gasteiger partial charge is 0.330 e. The van der Waals surface area contributed by atoms with Crippen LogP contribution in [0.15, 0.2) is 24.3 Å². The second-order valence-corrected chi connectivity index (χ2v) is 5.01. The van der Waals surface area contributed by atoms with Crippen LogP contribution in [-0.4, -0.2) is 37.0 Å². The quantitative estimate of drug-likeness (QED) is 0.866. The summed E-state index contributed by atoms with van der Waals surface area (Å²) in [5.74, 6) is -0.118. The zero-order chi connectivity index (χ0) is 13.7. The van der Waals surface area contributed by atoms with Crippen LogP contribution in [0.25, 0.3) is 0 Å². The molecule has 19 heavy (non-hydrogen) atoms. The molecule has 0 spiro atoms. The highest BCUT2D eigenvalue weighted by Gasteiger charge is 2.20. The molecule has 1 saturated heterocycles. The summed E-state index contributed by atoms with van der Waals surface area (Å²) in [6.07, 6.45) is 2.19. The van der Waals surface area contributed by atoms with Crippen molar-refractivity contribution in [3.63, 3.8) is 0 Å². The fraction of sp³-hybridized carbons (Fsp3) is 0.500. The molecular weight excluding hydrogens is 245 g/mol. The van der Waals surface area contributed by atoms with Crippen molar-refractivity contribution in [1.82, 2.24) is 4.90 Å². The van der Waals surface area contributed by atoms with Gasteiger partial charge in [0.25, 0.3) is 0 Å². The molecule has 1 aromatic carbocycles. The minimum absolute atomic E-state index is 0.178.